The Bertz CT molecular complexity index is 2370. The van der Waals surface area contributed by atoms with Gasteiger partial charge in [0.1, 0.15) is 5.58 Å². The maximum absolute atomic E-state index is 6.54. The Balaban J connectivity index is 0.000000196. The first-order chi connectivity index (χ1) is 26.0. The van der Waals surface area contributed by atoms with Gasteiger partial charge in [0, 0.05) is 31.7 Å². The summed E-state index contributed by atoms with van der Waals surface area (Å²) in [5, 5.41) is 2.34. The van der Waals surface area contributed by atoms with E-state index in [1.807, 2.05) is 24.4 Å². The van der Waals surface area contributed by atoms with Crippen LogP contribution >= 0.6 is 0 Å². The van der Waals surface area contributed by atoms with Gasteiger partial charge in [-0.25, -0.2) is 0 Å². The molecular weight excluding hydrogens is 909 g/mol. The van der Waals surface area contributed by atoms with E-state index in [1.165, 1.54) is 65.3 Å². The van der Waals surface area contributed by atoms with Gasteiger partial charge in [-0.3, -0.25) is 0 Å². The first kappa shape index (κ1) is 40.8. The monoisotopic (exact) mass is 965 g/mol. The maximum atomic E-state index is 6.54. The molecule has 1 fully saturated rings. The number of fused-ring (bicyclic) bond motifs is 3. The first-order valence-corrected chi connectivity index (χ1v) is 27.2. The zero-order valence-corrected chi connectivity index (χ0v) is 38.2. The third-order valence-corrected chi connectivity index (χ3v) is 15.8. The molecule has 0 saturated heterocycles. The van der Waals surface area contributed by atoms with Gasteiger partial charge in [0.05, 0.1) is 5.58 Å². The number of hydrogen-bond acceptors (Lipinski definition) is 3. The van der Waals surface area contributed by atoms with Gasteiger partial charge in [0.25, 0.3) is 0 Å². The van der Waals surface area contributed by atoms with Crippen molar-refractivity contribution in [2.24, 2.45) is 11.8 Å². The van der Waals surface area contributed by atoms with E-state index in [4.69, 9.17) is 14.4 Å². The molecule has 3 nitrogen and oxygen atoms in total. The van der Waals surface area contributed by atoms with Crippen LogP contribution in [0.2, 0.25) is 17.3 Å². The molecule has 3 heterocycles. The quantitative estimate of drug-likeness (QED) is 0.113. The van der Waals surface area contributed by atoms with Crippen LogP contribution in [0.25, 0.3) is 55.6 Å². The minimum atomic E-state index is -1.87. The van der Waals surface area contributed by atoms with E-state index < -0.39 is 13.3 Å². The van der Waals surface area contributed by atoms with Gasteiger partial charge in [0.2, 0.25) is 0 Å². The van der Waals surface area contributed by atoms with E-state index in [0.29, 0.717) is 11.8 Å². The van der Waals surface area contributed by atoms with Crippen LogP contribution < -0.4 is 4.40 Å². The minimum Gasteiger partial charge on any atom is 0 e. The SMILES string of the molecule is Cc1cc(-c2ccccc2)cc2oc3c(-c4cc(C(C)C(C)C)ccn4)[c-]cc(C)c3c12.[CH3][Ge]([CH3])([CH3])[c]1cnc(-c2[c-]cccc2)cc1CC1CCCC1.[Ir]. The van der Waals surface area contributed by atoms with Crippen LogP contribution in [0.4, 0.5) is 0 Å². The second-order valence-electron chi connectivity index (χ2n) is 16.8. The molecule has 0 spiro atoms. The van der Waals surface area contributed by atoms with Gasteiger partial charge in [-0.05, 0) is 53.3 Å². The predicted octanol–water partition coefficient (Wildman–Crippen LogP) is 13.3. The molecule has 0 N–H and O–H groups in total. The van der Waals surface area contributed by atoms with Crippen LogP contribution in [0.1, 0.15) is 74.6 Å². The number of aromatic nitrogens is 2. The number of furan rings is 1. The minimum absolute atomic E-state index is 0. The van der Waals surface area contributed by atoms with Gasteiger partial charge in [-0.15, -0.1) is 17.7 Å². The van der Waals surface area contributed by atoms with Crippen molar-refractivity contribution >= 4 is 39.6 Å². The standard InChI is InChI=1S/C30H28NO.C20H26GeN.Ir/c1-18(2)21(5)23-13-14-31-26(16-23)25-12-11-19(3)29-28-20(4)15-24(17-27(28)32-30(25)29)22-9-7-6-8-10-22;1-21(2,3)19-15-22-20(17-11-5-4-6-12-17)14-18(19)13-16-9-7-8-10-16;/h6-11,13-18,21H,1-5H3;4-6,11,14-16H,7-10,13H2,1-3H3;/q2*-1;. The summed E-state index contributed by atoms with van der Waals surface area (Å²) in [6, 6.07) is 38.6. The van der Waals surface area contributed by atoms with Crippen molar-refractivity contribution in [1.82, 2.24) is 9.97 Å². The molecule has 4 aromatic carbocycles. The Hall–Kier alpha value is -3.83. The molecule has 7 aromatic rings. The van der Waals surface area contributed by atoms with Crippen molar-refractivity contribution < 1.29 is 24.5 Å². The molecule has 0 aliphatic heterocycles. The molecule has 1 radical (unpaired) electrons. The summed E-state index contributed by atoms with van der Waals surface area (Å²) >= 11 is -1.87. The number of benzene rings is 4. The van der Waals surface area contributed by atoms with Crippen molar-refractivity contribution in [2.45, 2.75) is 89.9 Å². The molecule has 1 unspecified atom stereocenters. The average molecular weight is 964 g/mol. The summed E-state index contributed by atoms with van der Waals surface area (Å²) in [5.41, 5.74) is 13.5. The summed E-state index contributed by atoms with van der Waals surface area (Å²) in [4.78, 5) is 9.46. The number of nitrogens with zero attached hydrogens (tertiary/aromatic N) is 2. The fourth-order valence-corrected chi connectivity index (χ4v) is 11.4. The zero-order valence-electron chi connectivity index (χ0n) is 33.7. The Morgan fingerprint density at radius 3 is 2.22 bits per heavy atom. The molecule has 1 aliphatic rings. The fraction of sp³-hybridized carbons (Fsp3) is 0.320. The normalized spacial score (nSPS) is 13.8. The van der Waals surface area contributed by atoms with Crippen LogP contribution in [0, 0.1) is 37.8 Å². The summed E-state index contributed by atoms with van der Waals surface area (Å²) in [7, 11) is 0. The Morgan fingerprint density at radius 2 is 1.53 bits per heavy atom. The summed E-state index contributed by atoms with van der Waals surface area (Å²) < 4.78 is 8.13. The predicted molar refractivity (Wildman–Crippen MR) is 231 cm³/mol. The summed E-state index contributed by atoms with van der Waals surface area (Å²) in [5.74, 6) is 9.34. The summed E-state index contributed by atoms with van der Waals surface area (Å²) in [6.07, 6.45) is 11.0. The third-order valence-electron chi connectivity index (χ3n) is 11.5. The molecule has 1 atom stereocenters. The molecule has 3 aromatic heterocycles. The Kier molecular flexibility index (Phi) is 13.0. The third kappa shape index (κ3) is 9.09. The van der Waals surface area contributed by atoms with E-state index >= 15 is 0 Å². The smallest absolute Gasteiger partial charge is 0 e. The maximum Gasteiger partial charge on any atom is 0 e. The van der Waals surface area contributed by atoms with Crippen molar-refractivity contribution in [3.63, 3.8) is 0 Å². The van der Waals surface area contributed by atoms with Gasteiger partial charge in [0.15, 0.2) is 0 Å². The van der Waals surface area contributed by atoms with Crippen molar-refractivity contribution in [3.8, 4) is 33.6 Å². The molecule has 0 amide bonds. The Morgan fingerprint density at radius 1 is 0.782 bits per heavy atom. The van der Waals surface area contributed by atoms with Crippen LogP contribution in [0.5, 0.6) is 0 Å². The van der Waals surface area contributed by atoms with Crippen LogP contribution in [-0.4, -0.2) is 23.2 Å². The van der Waals surface area contributed by atoms with Crippen molar-refractivity contribution in [2.75, 3.05) is 0 Å². The van der Waals surface area contributed by atoms with Crippen LogP contribution in [0.3, 0.4) is 0 Å². The number of aryl methyl sites for hydroxylation is 2. The molecular formula is C50H54GeIrN2O-2. The van der Waals surface area contributed by atoms with E-state index in [1.54, 1.807) is 9.96 Å². The number of rotatable bonds is 8. The molecule has 5 heteroatoms. The average Bonchev–Trinajstić information content (AvgIpc) is 3.84. The molecule has 55 heavy (non-hydrogen) atoms. The number of hydrogen-bond donors (Lipinski definition) is 0. The molecule has 1 aliphatic carbocycles. The summed E-state index contributed by atoms with van der Waals surface area (Å²) in [6.45, 7) is 11.1. The van der Waals surface area contributed by atoms with E-state index in [9.17, 15) is 0 Å². The number of pyridine rings is 2. The van der Waals surface area contributed by atoms with Crippen molar-refractivity contribution in [3.05, 3.63) is 138 Å². The molecule has 1 saturated carbocycles. The fourth-order valence-electron chi connectivity index (χ4n) is 8.11. The van der Waals surface area contributed by atoms with E-state index in [2.05, 4.69) is 143 Å². The molecule has 8 rings (SSSR count). The van der Waals surface area contributed by atoms with Gasteiger partial charge >= 0.3 is 137 Å². The molecule has 285 valence electrons. The van der Waals surface area contributed by atoms with Gasteiger partial charge in [-0.1, -0.05) is 86.7 Å². The second-order valence-corrected chi connectivity index (χ2v) is 27.4. The van der Waals surface area contributed by atoms with E-state index in [-0.39, 0.29) is 20.1 Å². The first-order valence-electron chi connectivity index (χ1n) is 19.8. The zero-order chi connectivity index (χ0) is 38.0. The molecule has 0 bridgehead atoms. The Labute approximate surface area is 345 Å². The topological polar surface area (TPSA) is 38.9 Å². The largest absolute Gasteiger partial charge is 0 e. The van der Waals surface area contributed by atoms with Gasteiger partial charge < -0.3 is 9.40 Å². The van der Waals surface area contributed by atoms with E-state index in [0.717, 1.165) is 45.0 Å². The van der Waals surface area contributed by atoms with Crippen LogP contribution in [-0.2, 0) is 26.5 Å². The second kappa shape index (κ2) is 17.5. The van der Waals surface area contributed by atoms with Gasteiger partial charge in [-0.2, -0.15) is 0 Å². The van der Waals surface area contributed by atoms with Crippen molar-refractivity contribution in [1.29, 1.82) is 0 Å². The van der Waals surface area contributed by atoms with Crippen LogP contribution in [0.15, 0.2) is 108 Å².